The lowest BCUT2D eigenvalue weighted by molar-refractivity contribution is 0.0999. The first-order chi connectivity index (χ1) is 10.6. The summed E-state index contributed by atoms with van der Waals surface area (Å²) in [5, 5.41) is -0.130. The molecule has 0 fully saturated rings. The van der Waals surface area contributed by atoms with E-state index in [-0.39, 0.29) is 21.6 Å². The van der Waals surface area contributed by atoms with Crippen LogP contribution < -0.4 is 0 Å². The lowest BCUT2D eigenvalue weighted by atomic mass is 9.94. The van der Waals surface area contributed by atoms with Crippen LogP contribution in [0.1, 0.15) is 26.3 Å². The number of Topliss-reactive ketones (excluding diaryl/α,β-unsaturated/α-hetero) is 1. The van der Waals surface area contributed by atoms with Crippen molar-refractivity contribution in [3.8, 4) is 0 Å². The number of fused-ring (bicyclic) bond motifs is 1. The van der Waals surface area contributed by atoms with E-state index in [0.717, 1.165) is 0 Å². The smallest absolute Gasteiger partial charge is 0.277 e. The minimum absolute atomic E-state index is 0.00496. The minimum Gasteiger partial charge on any atom is -0.288 e. The second-order valence-electron chi connectivity index (χ2n) is 4.63. The Hall–Kier alpha value is -2.23. The maximum absolute atomic E-state index is 12.3. The maximum atomic E-state index is 12.3. The van der Waals surface area contributed by atoms with Gasteiger partial charge in [-0.25, -0.2) is 4.99 Å². The van der Waals surface area contributed by atoms with Gasteiger partial charge in [-0.3, -0.25) is 9.59 Å². The highest BCUT2D eigenvalue weighted by Crippen LogP contribution is 2.31. The molecule has 3 rings (SSSR count). The summed E-state index contributed by atoms with van der Waals surface area (Å²) in [6.45, 7) is 0. The number of nitrogens with zero attached hydrogens (tertiary/aromatic N) is 1. The number of hydrogen-bond acceptors (Lipinski definition) is 2. The Morgan fingerprint density at radius 1 is 0.818 bits per heavy atom. The van der Waals surface area contributed by atoms with E-state index in [4.69, 9.17) is 23.2 Å². The number of aliphatic imine (C=N–C) groups is 1. The van der Waals surface area contributed by atoms with E-state index in [2.05, 4.69) is 4.99 Å². The summed E-state index contributed by atoms with van der Waals surface area (Å²) in [6, 6.07) is 15.4. The number of carbonyl (C=O) groups is 2. The first kappa shape index (κ1) is 14.7. The molecule has 0 unspecified atom stereocenters. The average Bonchev–Trinajstić information content (AvgIpc) is 2.57. The van der Waals surface area contributed by atoms with E-state index in [1.807, 2.05) is 6.07 Å². The number of carbonyl (C=O) groups excluding carboxylic acids is 2. The molecule has 0 saturated heterocycles. The number of allylic oxidation sites excluding steroid dienone is 2. The van der Waals surface area contributed by atoms with Gasteiger partial charge in [0.05, 0.1) is 10.7 Å². The quantitative estimate of drug-likeness (QED) is 0.787. The van der Waals surface area contributed by atoms with E-state index >= 15 is 0 Å². The van der Waals surface area contributed by atoms with Gasteiger partial charge in [0.25, 0.3) is 5.91 Å². The Kier molecular flexibility index (Phi) is 3.92. The lowest BCUT2D eigenvalue weighted by Gasteiger charge is -2.16. The monoisotopic (exact) mass is 329 g/mol. The molecule has 0 heterocycles. The van der Waals surface area contributed by atoms with Crippen LogP contribution in [0.2, 0.25) is 0 Å². The Morgan fingerprint density at radius 2 is 1.41 bits per heavy atom. The number of amides is 1. The Balaban J connectivity index is 2.14. The maximum Gasteiger partial charge on any atom is 0.277 e. The standard InChI is InChI=1S/C17H9Cl2NO2/c18-13-14(19)16(21)12-9-5-4-8-11(12)15(13)20-17(22)10-6-2-1-3-7-10/h1-9H. The van der Waals surface area contributed by atoms with Crippen LogP contribution in [-0.4, -0.2) is 17.4 Å². The Bertz CT molecular complexity index is 839. The molecule has 5 heteroatoms. The third-order valence-electron chi connectivity index (χ3n) is 3.26. The summed E-state index contributed by atoms with van der Waals surface area (Å²) >= 11 is 12.1. The zero-order valence-electron chi connectivity index (χ0n) is 11.2. The molecule has 1 amide bonds. The molecule has 0 N–H and O–H groups in total. The molecule has 0 aliphatic heterocycles. The number of hydrogen-bond donors (Lipinski definition) is 0. The molecule has 0 bridgehead atoms. The van der Waals surface area contributed by atoms with Crippen molar-refractivity contribution in [2.24, 2.45) is 4.99 Å². The Labute approximate surface area is 136 Å². The fraction of sp³-hybridized carbons (Fsp3) is 0. The summed E-state index contributed by atoms with van der Waals surface area (Å²) in [7, 11) is 0. The number of rotatable bonds is 1. The molecule has 0 spiro atoms. The third kappa shape index (κ3) is 2.49. The third-order valence-corrected chi connectivity index (χ3v) is 4.09. The van der Waals surface area contributed by atoms with Crippen molar-refractivity contribution in [2.45, 2.75) is 0 Å². The van der Waals surface area contributed by atoms with Crippen LogP contribution in [-0.2, 0) is 0 Å². The molecule has 2 aromatic carbocycles. The molecule has 1 aliphatic rings. The molecular weight excluding hydrogens is 321 g/mol. The van der Waals surface area contributed by atoms with Gasteiger partial charge >= 0.3 is 0 Å². The van der Waals surface area contributed by atoms with Crippen LogP contribution in [0.5, 0.6) is 0 Å². The van der Waals surface area contributed by atoms with E-state index < -0.39 is 5.91 Å². The normalized spacial score (nSPS) is 15.9. The predicted octanol–water partition coefficient (Wildman–Crippen LogP) is 4.20. The fourth-order valence-electron chi connectivity index (χ4n) is 2.18. The van der Waals surface area contributed by atoms with Gasteiger partial charge in [-0.15, -0.1) is 0 Å². The summed E-state index contributed by atoms with van der Waals surface area (Å²) in [5.74, 6) is -0.809. The Morgan fingerprint density at radius 3 is 2.09 bits per heavy atom. The van der Waals surface area contributed by atoms with E-state index in [1.54, 1.807) is 48.5 Å². The van der Waals surface area contributed by atoms with Gasteiger partial charge in [-0.1, -0.05) is 65.7 Å². The van der Waals surface area contributed by atoms with Gasteiger partial charge in [0.2, 0.25) is 5.78 Å². The zero-order valence-corrected chi connectivity index (χ0v) is 12.7. The van der Waals surface area contributed by atoms with Crippen LogP contribution >= 0.6 is 23.2 Å². The summed E-state index contributed by atoms with van der Waals surface area (Å²) in [5.41, 5.74) is 1.54. The summed E-state index contributed by atoms with van der Waals surface area (Å²) < 4.78 is 0. The molecule has 3 nitrogen and oxygen atoms in total. The molecule has 22 heavy (non-hydrogen) atoms. The van der Waals surface area contributed by atoms with Crippen molar-refractivity contribution in [1.82, 2.24) is 0 Å². The second kappa shape index (κ2) is 5.87. The van der Waals surface area contributed by atoms with Crippen LogP contribution in [0.3, 0.4) is 0 Å². The predicted molar refractivity (Wildman–Crippen MR) is 86.8 cm³/mol. The number of ketones is 1. The first-order valence-electron chi connectivity index (χ1n) is 6.47. The molecule has 2 aromatic rings. The lowest BCUT2D eigenvalue weighted by Crippen LogP contribution is -2.19. The molecule has 1 aliphatic carbocycles. The molecule has 108 valence electrons. The van der Waals surface area contributed by atoms with Crippen molar-refractivity contribution in [3.63, 3.8) is 0 Å². The highest BCUT2D eigenvalue weighted by Gasteiger charge is 2.29. The minimum atomic E-state index is -0.442. The van der Waals surface area contributed by atoms with Crippen LogP contribution in [0.4, 0.5) is 0 Å². The topological polar surface area (TPSA) is 46.5 Å². The van der Waals surface area contributed by atoms with Crippen LogP contribution in [0.25, 0.3) is 0 Å². The first-order valence-corrected chi connectivity index (χ1v) is 7.23. The van der Waals surface area contributed by atoms with Gasteiger partial charge in [0, 0.05) is 16.7 Å². The number of halogens is 2. The van der Waals surface area contributed by atoms with Gasteiger partial charge in [-0.05, 0) is 12.1 Å². The van der Waals surface area contributed by atoms with Gasteiger partial charge in [-0.2, -0.15) is 0 Å². The van der Waals surface area contributed by atoms with E-state index in [1.165, 1.54) is 0 Å². The summed E-state index contributed by atoms with van der Waals surface area (Å²) in [6.07, 6.45) is 0. The van der Waals surface area contributed by atoms with Gasteiger partial charge in [0.15, 0.2) is 0 Å². The summed E-state index contributed by atoms with van der Waals surface area (Å²) in [4.78, 5) is 28.4. The second-order valence-corrected chi connectivity index (χ2v) is 5.39. The number of benzene rings is 2. The van der Waals surface area contributed by atoms with Gasteiger partial charge in [0.1, 0.15) is 5.03 Å². The SMILES string of the molecule is O=C(N=C1C(Cl)=C(Cl)C(=O)c2ccccc21)c1ccccc1. The molecule has 0 saturated carbocycles. The van der Waals surface area contributed by atoms with Crippen molar-refractivity contribution in [3.05, 3.63) is 81.4 Å². The molecular formula is C17H9Cl2NO2. The van der Waals surface area contributed by atoms with Crippen molar-refractivity contribution >= 4 is 40.6 Å². The zero-order chi connectivity index (χ0) is 15.7. The van der Waals surface area contributed by atoms with Crippen LogP contribution in [0, 0.1) is 0 Å². The highest BCUT2D eigenvalue weighted by atomic mass is 35.5. The molecule has 0 atom stereocenters. The van der Waals surface area contributed by atoms with E-state index in [9.17, 15) is 9.59 Å². The van der Waals surface area contributed by atoms with Crippen molar-refractivity contribution < 1.29 is 9.59 Å². The van der Waals surface area contributed by atoms with Crippen LogP contribution in [0.15, 0.2) is 69.7 Å². The fourth-order valence-corrected chi connectivity index (χ4v) is 2.61. The molecule has 0 aromatic heterocycles. The average molecular weight is 330 g/mol. The molecule has 0 radical (unpaired) electrons. The largest absolute Gasteiger partial charge is 0.288 e. The van der Waals surface area contributed by atoms with E-state index in [0.29, 0.717) is 16.7 Å². The van der Waals surface area contributed by atoms with Gasteiger partial charge < -0.3 is 0 Å². The van der Waals surface area contributed by atoms with Crippen molar-refractivity contribution in [1.29, 1.82) is 0 Å². The van der Waals surface area contributed by atoms with Crippen molar-refractivity contribution in [2.75, 3.05) is 0 Å². The highest BCUT2D eigenvalue weighted by molar-refractivity contribution is 6.60.